The Bertz CT molecular complexity index is 972. The highest BCUT2D eigenvalue weighted by Crippen LogP contribution is 2.24. The summed E-state index contributed by atoms with van der Waals surface area (Å²) in [4.78, 5) is 0. The van der Waals surface area contributed by atoms with Gasteiger partial charge in [0.05, 0.1) is 0 Å². The van der Waals surface area contributed by atoms with Crippen LogP contribution in [0.2, 0.25) is 0 Å². The molecule has 2 N–H and O–H groups in total. The minimum Gasteiger partial charge on any atom is -0.508 e. The lowest BCUT2D eigenvalue weighted by Crippen LogP contribution is -1.99. The molecule has 3 heteroatoms. The Kier molecular flexibility index (Phi) is 4.13. The molecular formula is C22H20N2O. The monoisotopic (exact) mass is 328 g/mol. The van der Waals surface area contributed by atoms with Crippen LogP contribution in [0.4, 0.5) is 5.69 Å². The summed E-state index contributed by atoms with van der Waals surface area (Å²) in [6, 6.07) is 26.2. The average molecular weight is 328 g/mol. The zero-order valence-electron chi connectivity index (χ0n) is 13.9. The maximum atomic E-state index is 9.40. The van der Waals surface area contributed by atoms with Gasteiger partial charge >= 0.3 is 0 Å². The summed E-state index contributed by atoms with van der Waals surface area (Å²) in [5.74, 6) is 0.282. The van der Waals surface area contributed by atoms with Crippen LogP contribution in [0, 0.1) is 0 Å². The first kappa shape index (κ1) is 15.3. The minimum absolute atomic E-state index is 0.282. The number of anilines is 1. The Labute approximate surface area is 147 Å². The number of aromatic hydroxyl groups is 1. The SMILES string of the molecule is Oc1ccc(NCc2cn(Cc3ccccc3)c3ccccc23)cc1. The zero-order valence-corrected chi connectivity index (χ0v) is 13.9. The number of benzene rings is 3. The summed E-state index contributed by atoms with van der Waals surface area (Å²) in [5, 5.41) is 14.1. The Morgan fingerprint density at radius 1 is 0.800 bits per heavy atom. The molecule has 3 aromatic carbocycles. The Balaban J connectivity index is 1.61. The van der Waals surface area contributed by atoms with Crippen LogP contribution in [0.3, 0.4) is 0 Å². The Morgan fingerprint density at radius 2 is 1.52 bits per heavy atom. The van der Waals surface area contributed by atoms with Crippen molar-refractivity contribution in [1.29, 1.82) is 0 Å². The second-order valence-electron chi connectivity index (χ2n) is 6.19. The molecule has 1 aromatic heterocycles. The molecule has 0 fully saturated rings. The number of aromatic nitrogens is 1. The molecule has 0 radical (unpaired) electrons. The fourth-order valence-electron chi connectivity index (χ4n) is 3.15. The summed E-state index contributed by atoms with van der Waals surface area (Å²) < 4.78 is 2.30. The maximum absolute atomic E-state index is 9.40. The summed E-state index contributed by atoms with van der Waals surface area (Å²) >= 11 is 0. The molecule has 0 bridgehead atoms. The highest BCUT2D eigenvalue weighted by atomic mass is 16.3. The molecule has 3 nitrogen and oxygen atoms in total. The molecule has 0 aliphatic heterocycles. The van der Waals surface area contributed by atoms with Crippen molar-refractivity contribution in [3.8, 4) is 5.75 Å². The normalized spacial score (nSPS) is 10.9. The number of para-hydroxylation sites is 1. The second-order valence-corrected chi connectivity index (χ2v) is 6.19. The Hall–Kier alpha value is -3.20. The zero-order chi connectivity index (χ0) is 17.1. The van der Waals surface area contributed by atoms with Crippen LogP contribution < -0.4 is 5.32 Å². The van der Waals surface area contributed by atoms with Crippen molar-refractivity contribution < 1.29 is 5.11 Å². The minimum atomic E-state index is 0.282. The predicted octanol–water partition coefficient (Wildman–Crippen LogP) is 5.01. The number of hydrogen-bond acceptors (Lipinski definition) is 2. The van der Waals surface area contributed by atoms with Crippen LogP contribution in [0.5, 0.6) is 5.75 Å². The molecule has 0 spiro atoms. The van der Waals surface area contributed by atoms with Crippen LogP contribution >= 0.6 is 0 Å². The van der Waals surface area contributed by atoms with E-state index in [4.69, 9.17) is 0 Å². The van der Waals surface area contributed by atoms with Gasteiger partial charge in [0.15, 0.2) is 0 Å². The molecule has 0 amide bonds. The first-order valence-electron chi connectivity index (χ1n) is 8.43. The molecule has 0 atom stereocenters. The number of nitrogens with one attached hydrogen (secondary N) is 1. The van der Waals surface area contributed by atoms with E-state index in [9.17, 15) is 5.11 Å². The number of hydrogen-bond donors (Lipinski definition) is 2. The van der Waals surface area contributed by atoms with Gasteiger partial charge in [0.25, 0.3) is 0 Å². The second kappa shape index (κ2) is 6.73. The summed E-state index contributed by atoms with van der Waals surface area (Å²) in [7, 11) is 0. The average Bonchev–Trinajstić information content (AvgIpc) is 3.00. The van der Waals surface area contributed by atoms with Crippen LogP contribution in [0.15, 0.2) is 85.1 Å². The topological polar surface area (TPSA) is 37.2 Å². The van der Waals surface area contributed by atoms with E-state index >= 15 is 0 Å². The first-order chi connectivity index (χ1) is 12.3. The molecule has 0 saturated carbocycles. The standard InChI is InChI=1S/C22H20N2O/c25-20-12-10-19(11-13-20)23-14-18-16-24(15-17-6-2-1-3-7-17)22-9-5-4-8-21(18)22/h1-13,16,23,25H,14-15H2. The van der Waals surface area contributed by atoms with Gasteiger partial charge in [0, 0.05) is 35.9 Å². The van der Waals surface area contributed by atoms with Gasteiger partial charge in [-0.2, -0.15) is 0 Å². The van der Waals surface area contributed by atoms with Crippen LogP contribution in [-0.4, -0.2) is 9.67 Å². The molecule has 0 aliphatic carbocycles. The number of fused-ring (bicyclic) bond motifs is 1. The lowest BCUT2D eigenvalue weighted by Gasteiger charge is -2.06. The number of phenolic OH excluding ortho intramolecular Hbond substituents is 1. The van der Waals surface area contributed by atoms with Crippen molar-refractivity contribution in [2.75, 3.05) is 5.32 Å². The molecule has 0 unspecified atom stereocenters. The largest absolute Gasteiger partial charge is 0.508 e. The molecule has 25 heavy (non-hydrogen) atoms. The van der Waals surface area contributed by atoms with Crippen molar-refractivity contribution in [3.63, 3.8) is 0 Å². The molecule has 0 aliphatic rings. The molecule has 124 valence electrons. The van der Waals surface area contributed by atoms with Crippen LogP contribution in [0.25, 0.3) is 10.9 Å². The van der Waals surface area contributed by atoms with E-state index in [1.807, 2.05) is 18.2 Å². The lowest BCUT2D eigenvalue weighted by molar-refractivity contribution is 0.475. The third-order valence-corrected chi connectivity index (χ3v) is 4.42. The van der Waals surface area contributed by atoms with Gasteiger partial charge < -0.3 is 15.0 Å². The highest BCUT2D eigenvalue weighted by molar-refractivity contribution is 5.84. The van der Waals surface area contributed by atoms with Gasteiger partial charge in [-0.25, -0.2) is 0 Å². The maximum Gasteiger partial charge on any atom is 0.115 e. The van der Waals surface area contributed by atoms with E-state index in [1.54, 1.807) is 12.1 Å². The van der Waals surface area contributed by atoms with Crippen LogP contribution in [-0.2, 0) is 13.1 Å². The summed E-state index contributed by atoms with van der Waals surface area (Å²) in [5.41, 5.74) is 4.80. The first-order valence-corrected chi connectivity index (χ1v) is 8.43. The molecule has 1 heterocycles. The lowest BCUT2D eigenvalue weighted by atomic mass is 10.1. The van der Waals surface area contributed by atoms with E-state index in [2.05, 4.69) is 64.6 Å². The van der Waals surface area contributed by atoms with Gasteiger partial charge in [-0.05, 0) is 41.5 Å². The summed E-state index contributed by atoms with van der Waals surface area (Å²) in [6.07, 6.45) is 2.23. The Morgan fingerprint density at radius 3 is 2.32 bits per heavy atom. The van der Waals surface area contributed by atoms with Crippen LogP contribution in [0.1, 0.15) is 11.1 Å². The predicted molar refractivity (Wildman–Crippen MR) is 103 cm³/mol. The van der Waals surface area contributed by atoms with E-state index in [-0.39, 0.29) is 5.75 Å². The third-order valence-electron chi connectivity index (χ3n) is 4.42. The number of rotatable bonds is 5. The molecule has 0 saturated heterocycles. The van der Waals surface area contributed by atoms with E-state index < -0.39 is 0 Å². The van der Waals surface area contributed by atoms with E-state index in [1.165, 1.54) is 22.0 Å². The van der Waals surface area contributed by atoms with Gasteiger partial charge in [0.1, 0.15) is 5.75 Å². The van der Waals surface area contributed by atoms with Gasteiger partial charge in [0.2, 0.25) is 0 Å². The number of phenols is 1. The van der Waals surface area contributed by atoms with Crippen molar-refractivity contribution in [2.45, 2.75) is 13.1 Å². The molecule has 4 aromatic rings. The third kappa shape index (κ3) is 3.36. The fraction of sp³-hybridized carbons (Fsp3) is 0.0909. The van der Waals surface area contributed by atoms with Gasteiger partial charge in [-0.3, -0.25) is 0 Å². The van der Waals surface area contributed by atoms with E-state index in [0.717, 1.165) is 18.8 Å². The van der Waals surface area contributed by atoms with Gasteiger partial charge in [-0.1, -0.05) is 48.5 Å². The number of nitrogens with zero attached hydrogens (tertiary/aromatic N) is 1. The fourth-order valence-corrected chi connectivity index (χ4v) is 3.15. The van der Waals surface area contributed by atoms with Crippen molar-refractivity contribution in [3.05, 3.63) is 96.2 Å². The quantitative estimate of drug-likeness (QED) is 0.505. The smallest absolute Gasteiger partial charge is 0.115 e. The highest BCUT2D eigenvalue weighted by Gasteiger charge is 2.08. The van der Waals surface area contributed by atoms with E-state index in [0.29, 0.717) is 0 Å². The molecule has 4 rings (SSSR count). The van der Waals surface area contributed by atoms with Crippen molar-refractivity contribution in [2.24, 2.45) is 0 Å². The van der Waals surface area contributed by atoms with Crippen molar-refractivity contribution in [1.82, 2.24) is 4.57 Å². The van der Waals surface area contributed by atoms with Crippen molar-refractivity contribution >= 4 is 16.6 Å². The van der Waals surface area contributed by atoms with Gasteiger partial charge in [-0.15, -0.1) is 0 Å². The molecular weight excluding hydrogens is 308 g/mol. The summed E-state index contributed by atoms with van der Waals surface area (Å²) in [6.45, 7) is 1.60.